The zero-order chi connectivity index (χ0) is 15.9. The predicted octanol–water partition coefficient (Wildman–Crippen LogP) is 2.94. The first kappa shape index (κ1) is 16.3. The molecule has 5 nitrogen and oxygen atoms in total. The minimum Gasteiger partial charge on any atom is -0.482 e. The fraction of sp³-hybridized carbons (Fsp3) is 0.0667. The van der Waals surface area contributed by atoms with Crippen molar-refractivity contribution in [2.24, 2.45) is 0 Å². The maximum atomic E-state index is 11.8. The first-order valence-electron chi connectivity index (χ1n) is 6.28. The van der Waals surface area contributed by atoms with Crippen molar-refractivity contribution in [2.45, 2.75) is 0 Å². The number of carbonyl (C=O) groups is 2. The minimum atomic E-state index is -0.497. The van der Waals surface area contributed by atoms with Crippen LogP contribution in [0.15, 0.2) is 53.0 Å². The van der Waals surface area contributed by atoms with Gasteiger partial charge in [-0.05, 0) is 30.3 Å². The number of hydrogen-bond acceptors (Lipinski definition) is 3. The van der Waals surface area contributed by atoms with Gasteiger partial charge in [-0.3, -0.25) is 20.4 Å². The van der Waals surface area contributed by atoms with E-state index < -0.39 is 11.8 Å². The first-order valence-corrected chi connectivity index (χ1v) is 7.45. The summed E-state index contributed by atoms with van der Waals surface area (Å²) >= 11 is 9.17. The summed E-state index contributed by atoms with van der Waals surface area (Å²) in [6, 6.07) is 13.6. The molecule has 0 saturated heterocycles. The highest BCUT2D eigenvalue weighted by Gasteiger charge is 2.09. The third-order valence-corrected chi connectivity index (χ3v) is 3.40. The Morgan fingerprint density at radius 2 is 1.86 bits per heavy atom. The second-order valence-corrected chi connectivity index (χ2v) is 5.55. The molecular weight excluding hydrogens is 372 g/mol. The lowest BCUT2D eigenvalue weighted by Crippen LogP contribution is -2.43. The van der Waals surface area contributed by atoms with Crippen LogP contribution in [-0.2, 0) is 4.79 Å². The molecule has 2 N–H and O–H groups in total. The Labute approximate surface area is 140 Å². The van der Waals surface area contributed by atoms with Crippen LogP contribution in [0.4, 0.5) is 0 Å². The van der Waals surface area contributed by atoms with Crippen LogP contribution in [0, 0.1) is 0 Å². The van der Waals surface area contributed by atoms with Crippen molar-refractivity contribution >= 4 is 39.3 Å². The van der Waals surface area contributed by atoms with E-state index in [9.17, 15) is 9.59 Å². The van der Waals surface area contributed by atoms with Gasteiger partial charge >= 0.3 is 0 Å². The second kappa shape index (κ2) is 7.82. The fourth-order valence-electron chi connectivity index (χ4n) is 1.57. The smallest absolute Gasteiger partial charge is 0.276 e. The van der Waals surface area contributed by atoms with Gasteiger partial charge in [0, 0.05) is 10.0 Å². The summed E-state index contributed by atoms with van der Waals surface area (Å²) in [5, 5.41) is 0.411. The monoisotopic (exact) mass is 382 g/mol. The number of halogens is 2. The van der Waals surface area contributed by atoms with Crippen LogP contribution in [0.5, 0.6) is 5.75 Å². The van der Waals surface area contributed by atoms with E-state index in [1.807, 2.05) is 0 Å². The van der Waals surface area contributed by atoms with Crippen molar-refractivity contribution < 1.29 is 14.3 Å². The summed E-state index contributed by atoms with van der Waals surface area (Å²) in [6.45, 7) is -0.261. The van der Waals surface area contributed by atoms with Crippen molar-refractivity contribution in [3.05, 3.63) is 63.6 Å². The lowest BCUT2D eigenvalue weighted by Gasteiger charge is -2.09. The van der Waals surface area contributed by atoms with Crippen LogP contribution < -0.4 is 15.6 Å². The normalized spacial score (nSPS) is 9.91. The molecule has 0 atom stereocenters. The molecule has 0 heterocycles. The highest BCUT2D eigenvalue weighted by molar-refractivity contribution is 9.10. The quantitative estimate of drug-likeness (QED) is 0.798. The molecule has 0 unspecified atom stereocenters. The number of hydrazine groups is 1. The predicted molar refractivity (Wildman–Crippen MR) is 86.7 cm³/mol. The largest absolute Gasteiger partial charge is 0.482 e. The van der Waals surface area contributed by atoms with Crippen molar-refractivity contribution in [2.75, 3.05) is 6.61 Å². The maximum Gasteiger partial charge on any atom is 0.276 e. The minimum absolute atomic E-state index is 0.261. The van der Waals surface area contributed by atoms with Crippen molar-refractivity contribution in [1.82, 2.24) is 10.9 Å². The SMILES string of the molecule is O=C(COc1ccccc1Cl)NNC(=O)c1cccc(Br)c1. The van der Waals surface area contributed by atoms with Crippen LogP contribution in [0.1, 0.15) is 10.4 Å². The van der Waals surface area contributed by atoms with Gasteiger partial charge in [0.25, 0.3) is 11.8 Å². The molecule has 0 fully saturated rings. The zero-order valence-corrected chi connectivity index (χ0v) is 13.6. The number of rotatable bonds is 4. The van der Waals surface area contributed by atoms with Crippen molar-refractivity contribution in [1.29, 1.82) is 0 Å². The summed E-state index contributed by atoms with van der Waals surface area (Å²) in [6.07, 6.45) is 0. The molecule has 0 aliphatic rings. The number of nitrogens with one attached hydrogen (secondary N) is 2. The summed E-state index contributed by atoms with van der Waals surface area (Å²) in [4.78, 5) is 23.4. The van der Waals surface area contributed by atoms with Gasteiger partial charge in [-0.2, -0.15) is 0 Å². The molecule has 0 spiro atoms. The van der Waals surface area contributed by atoms with Gasteiger partial charge in [-0.15, -0.1) is 0 Å². The second-order valence-electron chi connectivity index (χ2n) is 4.23. The molecule has 7 heteroatoms. The van der Waals surface area contributed by atoms with E-state index in [1.54, 1.807) is 48.5 Å². The Balaban J connectivity index is 1.81. The molecule has 0 radical (unpaired) electrons. The fourth-order valence-corrected chi connectivity index (χ4v) is 2.16. The maximum absolute atomic E-state index is 11.8. The van der Waals surface area contributed by atoms with Crippen LogP contribution in [0.25, 0.3) is 0 Å². The highest BCUT2D eigenvalue weighted by atomic mass is 79.9. The molecule has 2 amide bonds. The van der Waals surface area contributed by atoms with Gasteiger partial charge in [0.1, 0.15) is 5.75 Å². The molecule has 22 heavy (non-hydrogen) atoms. The lowest BCUT2D eigenvalue weighted by atomic mass is 10.2. The van der Waals surface area contributed by atoms with Crippen molar-refractivity contribution in [3.8, 4) is 5.75 Å². The van der Waals surface area contributed by atoms with E-state index >= 15 is 0 Å². The summed E-state index contributed by atoms with van der Waals surface area (Å²) in [7, 11) is 0. The van der Waals surface area contributed by atoms with Crippen LogP contribution >= 0.6 is 27.5 Å². The molecule has 0 bridgehead atoms. The van der Waals surface area contributed by atoms with Crippen LogP contribution in [0.3, 0.4) is 0 Å². The first-order chi connectivity index (χ1) is 10.6. The summed E-state index contributed by atoms with van der Waals surface area (Å²) in [5.41, 5.74) is 4.99. The van der Waals surface area contributed by atoms with E-state index in [-0.39, 0.29) is 6.61 Å². The highest BCUT2D eigenvalue weighted by Crippen LogP contribution is 2.22. The molecule has 0 aliphatic carbocycles. The third kappa shape index (κ3) is 4.75. The topological polar surface area (TPSA) is 67.4 Å². The third-order valence-electron chi connectivity index (χ3n) is 2.60. The molecule has 2 aromatic carbocycles. The van der Waals surface area contributed by atoms with E-state index in [2.05, 4.69) is 26.8 Å². The van der Waals surface area contributed by atoms with Gasteiger partial charge in [0.15, 0.2) is 6.61 Å². The standard InChI is InChI=1S/C15H12BrClN2O3/c16-11-5-3-4-10(8-11)15(21)19-18-14(20)9-22-13-7-2-1-6-12(13)17/h1-8H,9H2,(H,18,20)(H,19,21). The van der Waals surface area contributed by atoms with Crippen molar-refractivity contribution in [3.63, 3.8) is 0 Å². The average Bonchev–Trinajstić information content (AvgIpc) is 2.52. The van der Waals surface area contributed by atoms with E-state index in [1.165, 1.54) is 0 Å². The number of amides is 2. The zero-order valence-electron chi connectivity index (χ0n) is 11.3. The van der Waals surface area contributed by atoms with Gasteiger partial charge in [-0.1, -0.05) is 45.7 Å². The summed E-state index contributed by atoms with van der Waals surface area (Å²) < 4.78 is 6.02. The Bertz CT molecular complexity index is 694. The Kier molecular flexibility index (Phi) is 5.80. The number of para-hydroxylation sites is 1. The summed E-state index contributed by atoms with van der Waals surface area (Å²) in [5.74, 6) is -0.520. The number of ether oxygens (including phenoxy) is 1. The lowest BCUT2D eigenvalue weighted by molar-refractivity contribution is -0.123. The van der Waals surface area contributed by atoms with Crippen LogP contribution in [-0.4, -0.2) is 18.4 Å². The Morgan fingerprint density at radius 1 is 1.09 bits per heavy atom. The molecule has 0 aromatic heterocycles. The van der Waals surface area contributed by atoms with E-state index in [0.29, 0.717) is 16.3 Å². The van der Waals surface area contributed by atoms with Gasteiger partial charge in [0.2, 0.25) is 0 Å². The van der Waals surface area contributed by atoms with Gasteiger partial charge < -0.3 is 4.74 Å². The molecule has 0 aliphatic heterocycles. The Morgan fingerprint density at radius 3 is 2.59 bits per heavy atom. The number of hydrogen-bond donors (Lipinski definition) is 2. The number of carbonyl (C=O) groups excluding carboxylic acids is 2. The molecule has 0 saturated carbocycles. The average molecular weight is 384 g/mol. The molecule has 114 valence electrons. The molecular formula is C15H12BrClN2O3. The van der Waals surface area contributed by atoms with E-state index in [0.717, 1.165) is 4.47 Å². The molecule has 2 aromatic rings. The van der Waals surface area contributed by atoms with Crippen LogP contribution in [0.2, 0.25) is 5.02 Å². The Hall–Kier alpha value is -2.05. The van der Waals surface area contributed by atoms with Gasteiger partial charge in [0.05, 0.1) is 5.02 Å². The van der Waals surface area contributed by atoms with E-state index in [4.69, 9.17) is 16.3 Å². The number of benzene rings is 2. The van der Waals surface area contributed by atoms with Gasteiger partial charge in [-0.25, -0.2) is 0 Å². The molecule has 2 rings (SSSR count).